The molecule has 0 aliphatic heterocycles. The number of carbonyl (C=O) groups is 1. The number of hydrogen-bond donors (Lipinski definition) is 0. The number of allylic oxidation sites excluding steroid dienone is 9. The van der Waals surface area contributed by atoms with Crippen LogP contribution in [0.25, 0.3) is 0 Å². The molecule has 178 valence electrons. The molecule has 0 saturated carbocycles. The van der Waals surface area contributed by atoms with Crippen LogP contribution in [0.1, 0.15) is 57.0 Å². The third kappa shape index (κ3) is 9.33. The summed E-state index contributed by atoms with van der Waals surface area (Å²) in [5.41, 5.74) is 1.19. The van der Waals surface area contributed by atoms with Crippen LogP contribution in [0.3, 0.4) is 0 Å². The van der Waals surface area contributed by atoms with Gasteiger partial charge in [0.25, 0.3) is 0 Å². The fraction of sp³-hybridized carbons (Fsp3) is 0.194. The Kier molecular flexibility index (Phi) is 13.9. The van der Waals surface area contributed by atoms with Gasteiger partial charge in [-0.2, -0.15) is 0 Å². The van der Waals surface area contributed by atoms with Gasteiger partial charge in [0.05, 0.1) is 0 Å². The van der Waals surface area contributed by atoms with Crippen molar-refractivity contribution >= 4 is 5.78 Å². The van der Waals surface area contributed by atoms with Gasteiger partial charge in [-0.3, -0.25) is 4.79 Å². The molecule has 34 heavy (non-hydrogen) atoms. The van der Waals surface area contributed by atoms with E-state index in [1.165, 1.54) is 0 Å². The van der Waals surface area contributed by atoms with Crippen LogP contribution in [0, 0.1) is 0 Å². The summed E-state index contributed by atoms with van der Waals surface area (Å²) in [5, 5.41) is 0. The minimum absolute atomic E-state index is 0.0556. The quantitative estimate of drug-likeness (QED) is 0.226. The van der Waals surface area contributed by atoms with Crippen molar-refractivity contribution in [2.45, 2.75) is 41.0 Å². The van der Waals surface area contributed by atoms with Gasteiger partial charge in [0.2, 0.25) is 0 Å². The Balaban J connectivity index is 0.00000137. The Labute approximate surface area is 205 Å². The molecule has 3 nitrogen and oxygen atoms in total. The minimum atomic E-state index is -0.0556. The zero-order valence-electron chi connectivity index (χ0n) is 21.0. The van der Waals surface area contributed by atoms with Gasteiger partial charge >= 0.3 is 0 Å². The van der Waals surface area contributed by atoms with Crippen molar-refractivity contribution in [1.82, 2.24) is 0 Å². The molecule has 0 heterocycles. The highest BCUT2D eigenvalue weighted by Crippen LogP contribution is 2.21. The van der Waals surface area contributed by atoms with Gasteiger partial charge in [0.1, 0.15) is 23.0 Å². The highest BCUT2D eigenvalue weighted by Gasteiger charge is 2.10. The highest BCUT2D eigenvalue weighted by molar-refractivity contribution is 6.09. The molecule has 0 fully saturated rings. The SMILES string of the molecule is C=C/C=C(\C=C/C)Oc1ccc(C(=O)c2ccc(OC3=CC=CCC=C3)cc2)cc1.CC.CC. The van der Waals surface area contributed by atoms with Gasteiger partial charge in [0, 0.05) is 11.1 Å². The first kappa shape index (κ1) is 28.2. The number of ether oxygens (including phenoxy) is 2. The molecular formula is C31H36O3. The topological polar surface area (TPSA) is 35.5 Å². The van der Waals surface area contributed by atoms with E-state index < -0.39 is 0 Å². The molecule has 2 aromatic rings. The molecule has 0 saturated heterocycles. The average molecular weight is 457 g/mol. The van der Waals surface area contributed by atoms with E-state index in [2.05, 4.69) is 12.7 Å². The third-order valence-corrected chi connectivity index (χ3v) is 4.27. The standard InChI is InChI=1S/C27H24O3.2C2H6/c1-3-9-23(10-4-2)29-25-17-13-21(14-18-25)27(28)22-15-19-26(20-16-22)30-24-11-7-5-6-8-12-24;2*1-2/h3-5,7-20H,1,6H2,2H3;2*1-2H3/b10-4-,23-9+;;. The van der Waals surface area contributed by atoms with Crippen molar-refractivity contribution in [1.29, 1.82) is 0 Å². The van der Waals surface area contributed by atoms with E-state index in [-0.39, 0.29) is 5.78 Å². The summed E-state index contributed by atoms with van der Waals surface area (Å²) in [6.45, 7) is 13.6. The van der Waals surface area contributed by atoms with E-state index in [1.54, 1.807) is 60.7 Å². The van der Waals surface area contributed by atoms with Crippen molar-refractivity contribution in [2.75, 3.05) is 0 Å². The molecule has 0 bridgehead atoms. The van der Waals surface area contributed by atoms with Crippen molar-refractivity contribution < 1.29 is 14.3 Å². The highest BCUT2D eigenvalue weighted by atomic mass is 16.5. The number of rotatable bonds is 8. The van der Waals surface area contributed by atoms with Gasteiger partial charge in [-0.05, 0) is 86.2 Å². The zero-order chi connectivity index (χ0) is 25.2. The predicted molar refractivity (Wildman–Crippen MR) is 144 cm³/mol. The maximum absolute atomic E-state index is 12.8. The molecule has 1 aliphatic carbocycles. The Hall–Kier alpha value is -3.85. The number of carbonyl (C=O) groups excluding carboxylic acids is 1. The van der Waals surface area contributed by atoms with Crippen LogP contribution < -0.4 is 9.47 Å². The van der Waals surface area contributed by atoms with Crippen LogP contribution in [0.2, 0.25) is 0 Å². The Morgan fingerprint density at radius 3 is 2.03 bits per heavy atom. The largest absolute Gasteiger partial charge is 0.457 e. The smallest absolute Gasteiger partial charge is 0.193 e. The summed E-state index contributed by atoms with van der Waals surface area (Å²) in [5.74, 6) is 2.73. The lowest BCUT2D eigenvalue weighted by Gasteiger charge is -2.08. The van der Waals surface area contributed by atoms with E-state index in [1.807, 2.05) is 71.1 Å². The van der Waals surface area contributed by atoms with E-state index >= 15 is 0 Å². The molecule has 2 aromatic carbocycles. The lowest BCUT2D eigenvalue weighted by molar-refractivity contribution is 0.103. The van der Waals surface area contributed by atoms with Crippen LogP contribution in [0.4, 0.5) is 0 Å². The summed E-state index contributed by atoms with van der Waals surface area (Å²) < 4.78 is 11.6. The first-order valence-electron chi connectivity index (χ1n) is 11.8. The van der Waals surface area contributed by atoms with E-state index in [9.17, 15) is 4.79 Å². The van der Waals surface area contributed by atoms with Crippen LogP contribution in [0.15, 0.2) is 121 Å². The Morgan fingerprint density at radius 2 is 1.47 bits per heavy atom. The lowest BCUT2D eigenvalue weighted by Crippen LogP contribution is -2.01. The van der Waals surface area contributed by atoms with Crippen LogP contribution in [-0.2, 0) is 0 Å². The molecule has 0 spiro atoms. The van der Waals surface area contributed by atoms with Crippen molar-refractivity contribution in [3.05, 3.63) is 132 Å². The molecule has 3 rings (SSSR count). The summed E-state index contributed by atoms with van der Waals surface area (Å²) in [6, 6.07) is 14.2. The Bertz CT molecular complexity index is 982. The number of ketones is 1. The van der Waals surface area contributed by atoms with E-state index in [0.717, 1.165) is 12.2 Å². The van der Waals surface area contributed by atoms with E-state index in [4.69, 9.17) is 9.47 Å². The number of benzene rings is 2. The third-order valence-electron chi connectivity index (χ3n) is 4.27. The van der Waals surface area contributed by atoms with Crippen molar-refractivity contribution in [3.63, 3.8) is 0 Å². The van der Waals surface area contributed by atoms with Gasteiger partial charge < -0.3 is 9.47 Å². The van der Waals surface area contributed by atoms with Crippen molar-refractivity contribution in [2.24, 2.45) is 0 Å². The minimum Gasteiger partial charge on any atom is -0.457 e. The zero-order valence-corrected chi connectivity index (χ0v) is 21.0. The molecule has 1 aliphatic rings. The summed E-state index contributed by atoms with van der Waals surface area (Å²) in [6.07, 6.45) is 18.0. The maximum Gasteiger partial charge on any atom is 0.193 e. The van der Waals surface area contributed by atoms with Gasteiger partial charge in [-0.25, -0.2) is 0 Å². The molecule has 0 radical (unpaired) electrons. The normalized spacial score (nSPS) is 12.4. The molecule has 0 N–H and O–H groups in total. The second-order valence-corrected chi connectivity index (χ2v) is 6.52. The Morgan fingerprint density at radius 1 is 0.882 bits per heavy atom. The molecule has 0 unspecified atom stereocenters. The van der Waals surface area contributed by atoms with Gasteiger partial charge in [-0.15, -0.1) is 0 Å². The summed E-state index contributed by atoms with van der Waals surface area (Å²) >= 11 is 0. The second-order valence-electron chi connectivity index (χ2n) is 6.52. The predicted octanol–water partition coefficient (Wildman–Crippen LogP) is 8.77. The van der Waals surface area contributed by atoms with Crippen LogP contribution in [0.5, 0.6) is 11.5 Å². The fourth-order valence-electron chi connectivity index (χ4n) is 2.82. The first-order valence-corrected chi connectivity index (χ1v) is 11.8. The fourth-order valence-corrected chi connectivity index (χ4v) is 2.82. The summed E-state index contributed by atoms with van der Waals surface area (Å²) in [7, 11) is 0. The molecule has 0 atom stereocenters. The monoisotopic (exact) mass is 456 g/mol. The van der Waals surface area contributed by atoms with Crippen molar-refractivity contribution in [3.8, 4) is 11.5 Å². The molecule has 0 amide bonds. The maximum atomic E-state index is 12.8. The number of hydrogen-bond acceptors (Lipinski definition) is 3. The molecular weight excluding hydrogens is 420 g/mol. The van der Waals surface area contributed by atoms with E-state index in [0.29, 0.717) is 28.4 Å². The van der Waals surface area contributed by atoms with Crippen LogP contribution >= 0.6 is 0 Å². The first-order chi connectivity index (χ1) is 16.7. The molecule has 3 heteroatoms. The van der Waals surface area contributed by atoms with Gasteiger partial charge in [-0.1, -0.05) is 64.7 Å². The average Bonchev–Trinajstić information content (AvgIpc) is 3.16. The summed E-state index contributed by atoms with van der Waals surface area (Å²) in [4.78, 5) is 12.8. The second kappa shape index (κ2) is 16.7. The lowest BCUT2D eigenvalue weighted by atomic mass is 10.0. The molecule has 0 aromatic heterocycles. The van der Waals surface area contributed by atoms with Crippen LogP contribution in [-0.4, -0.2) is 5.78 Å². The van der Waals surface area contributed by atoms with Gasteiger partial charge in [0.15, 0.2) is 5.78 Å².